The standard InChI is InChI=1S/C19H25N5O3S2/c1-3-27-18(26)15-12-7-4-10(2)8-13(12)29-17(15)21-14(25)9-28-19-23-22-16(24(19)20)11-5-6-11/h10-11H,3-9,20H2,1-2H3,(H,21,25). The number of fused-ring (bicyclic) bond motifs is 1. The Hall–Kier alpha value is -2.07. The lowest BCUT2D eigenvalue weighted by molar-refractivity contribution is -0.113. The van der Waals surface area contributed by atoms with E-state index in [1.54, 1.807) is 6.92 Å². The summed E-state index contributed by atoms with van der Waals surface area (Å²) in [6.45, 7) is 4.30. The Morgan fingerprint density at radius 3 is 2.86 bits per heavy atom. The van der Waals surface area contributed by atoms with Crippen LogP contribution in [0.2, 0.25) is 0 Å². The van der Waals surface area contributed by atoms with Crippen molar-refractivity contribution in [3.63, 3.8) is 0 Å². The highest BCUT2D eigenvalue weighted by molar-refractivity contribution is 7.99. The molecule has 0 aromatic carbocycles. The summed E-state index contributed by atoms with van der Waals surface area (Å²) >= 11 is 2.73. The van der Waals surface area contributed by atoms with E-state index in [0.717, 1.165) is 43.5 Å². The predicted octanol–water partition coefficient (Wildman–Crippen LogP) is 2.96. The summed E-state index contributed by atoms with van der Waals surface area (Å²) in [6, 6.07) is 0. The van der Waals surface area contributed by atoms with Gasteiger partial charge >= 0.3 is 5.97 Å². The van der Waals surface area contributed by atoms with Crippen molar-refractivity contribution in [3.05, 3.63) is 21.8 Å². The number of nitrogens with zero attached hydrogens (tertiary/aromatic N) is 3. The van der Waals surface area contributed by atoms with Crippen LogP contribution in [-0.4, -0.2) is 39.1 Å². The van der Waals surface area contributed by atoms with Gasteiger partial charge in [-0.25, -0.2) is 9.47 Å². The van der Waals surface area contributed by atoms with E-state index in [0.29, 0.717) is 34.2 Å². The first-order chi connectivity index (χ1) is 14.0. The van der Waals surface area contributed by atoms with E-state index in [2.05, 4.69) is 22.4 Å². The number of aromatic nitrogens is 3. The fraction of sp³-hybridized carbons (Fsp3) is 0.579. The molecule has 1 saturated carbocycles. The average Bonchev–Trinajstić information content (AvgIpc) is 3.36. The zero-order chi connectivity index (χ0) is 20.5. The molecule has 2 aliphatic rings. The topological polar surface area (TPSA) is 112 Å². The van der Waals surface area contributed by atoms with Gasteiger partial charge in [-0.1, -0.05) is 18.7 Å². The van der Waals surface area contributed by atoms with Gasteiger partial charge in [0.05, 0.1) is 17.9 Å². The molecule has 2 aromatic heterocycles. The van der Waals surface area contributed by atoms with Crippen molar-refractivity contribution in [2.75, 3.05) is 23.5 Å². The van der Waals surface area contributed by atoms with E-state index in [4.69, 9.17) is 10.6 Å². The van der Waals surface area contributed by atoms with Crippen LogP contribution in [0.25, 0.3) is 0 Å². The number of nitrogens with one attached hydrogen (secondary N) is 1. The molecular formula is C19H25N5O3S2. The lowest BCUT2D eigenvalue weighted by Gasteiger charge is -2.18. The number of esters is 1. The van der Waals surface area contributed by atoms with Crippen LogP contribution in [0.3, 0.4) is 0 Å². The van der Waals surface area contributed by atoms with Crippen LogP contribution in [0, 0.1) is 5.92 Å². The number of thiophene rings is 1. The second-order valence-electron chi connectivity index (χ2n) is 7.60. The third-order valence-corrected chi connectivity index (χ3v) is 7.32. The zero-order valence-corrected chi connectivity index (χ0v) is 18.2. The van der Waals surface area contributed by atoms with Crippen molar-refractivity contribution in [2.45, 2.75) is 57.0 Å². The molecule has 2 aromatic rings. The Balaban J connectivity index is 1.46. The molecule has 3 N–H and O–H groups in total. The fourth-order valence-corrected chi connectivity index (χ4v) is 5.64. The Morgan fingerprint density at radius 2 is 2.14 bits per heavy atom. The van der Waals surface area contributed by atoms with Gasteiger partial charge in [0, 0.05) is 10.8 Å². The largest absolute Gasteiger partial charge is 0.462 e. The Bertz CT molecular complexity index is 935. The Morgan fingerprint density at radius 1 is 1.34 bits per heavy atom. The van der Waals surface area contributed by atoms with E-state index >= 15 is 0 Å². The van der Waals surface area contributed by atoms with Gasteiger partial charge in [0.2, 0.25) is 11.1 Å². The number of rotatable bonds is 7. The molecule has 1 fully saturated rings. The molecule has 0 radical (unpaired) electrons. The van der Waals surface area contributed by atoms with E-state index in [9.17, 15) is 9.59 Å². The lowest BCUT2D eigenvalue weighted by Crippen LogP contribution is -2.18. The van der Waals surface area contributed by atoms with E-state index in [1.165, 1.54) is 32.7 Å². The fourth-order valence-electron chi connectivity index (χ4n) is 3.56. The highest BCUT2D eigenvalue weighted by Gasteiger charge is 2.31. The van der Waals surface area contributed by atoms with E-state index in [-0.39, 0.29) is 17.6 Å². The quantitative estimate of drug-likeness (QED) is 0.391. The van der Waals surface area contributed by atoms with Gasteiger partial charge in [-0.3, -0.25) is 4.79 Å². The molecule has 2 aliphatic carbocycles. The Kier molecular flexibility index (Phi) is 5.82. The number of amides is 1. The van der Waals surface area contributed by atoms with Crippen molar-refractivity contribution in [1.29, 1.82) is 0 Å². The third kappa shape index (κ3) is 4.28. The van der Waals surface area contributed by atoms with E-state index in [1.807, 2.05) is 0 Å². The van der Waals surface area contributed by atoms with Gasteiger partial charge in [0.1, 0.15) is 5.00 Å². The Labute approximate surface area is 177 Å². The SMILES string of the molecule is CCOC(=O)c1c(NC(=O)CSc2nnc(C3CC3)n2N)sc2c1CCC(C)C2. The number of nitrogen functional groups attached to an aromatic ring is 1. The first kappa shape index (κ1) is 20.2. The van der Waals surface area contributed by atoms with Crippen LogP contribution < -0.4 is 11.2 Å². The van der Waals surface area contributed by atoms with Crippen LogP contribution in [0.5, 0.6) is 0 Å². The van der Waals surface area contributed by atoms with Crippen LogP contribution in [-0.2, 0) is 22.4 Å². The summed E-state index contributed by atoms with van der Waals surface area (Å²) < 4.78 is 6.73. The van der Waals surface area contributed by atoms with Crippen LogP contribution >= 0.6 is 23.1 Å². The summed E-state index contributed by atoms with van der Waals surface area (Å²) in [4.78, 5) is 26.3. The highest BCUT2D eigenvalue weighted by Crippen LogP contribution is 2.41. The average molecular weight is 436 g/mol. The van der Waals surface area contributed by atoms with Gasteiger partial charge in [-0.2, -0.15) is 0 Å². The molecule has 4 rings (SSSR count). The third-order valence-electron chi connectivity index (χ3n) is 5.21. The minimum absolute atomic E-state index is 0.140. The molecule has 8 nitrogen and oxygen atoms in total. The molecule has 2 heterocycles. The number of nitrogens with two attached hydrogens (primary N) is 1. The lowest BCUT2D eigenvalue weighted by atomic mass is 9.88. The zero-order valence-electron chi connectivity index (χ0n) is 16.6. The summed E-state index contributed by atoms with van der Waals surface area (Å²) in [6.07, 6.45) is 4.97. The monoisotopic (exact) mass is 435 g/mol. The minimum Gasteiger partial charge on any atom is -0.462 e. The van der Waals surface area contributed by atoms with Crippen molar-refractivity contribution in [3.8, 4) is 0 Å². The second-order valence-corrected chi connectivity index (χ2v) is 9.65. The first-order valence-electron chi connectivity index (χ1n) is 9.92. The van der Waals surface area contributed by atoms with Gasteiger partial charge in [0.15, 0.2) is 5.82 Å². The van der Waals surface area contributed by atoms with Crippen molar-refractivity contribution in [1.82, 2.24) is 14.9 Å². The van der Waals surface area contributed by atoms with Gasteiger partial charge < -0.3 is 15.9 Å². The highest BCUT2D eigenvalue weighted by atomic mass is 32.2. The van der Waals surface area contributed by atoms with Gasteiger partial charge in [-0.05, 0) is 50.5 Å². The van der Waals surface area contributed by atoms with Gasteiger partial charge in [-0.15, -0.1) is 21.5 Å². The smallest absolute Gasteiger partial charge is 0.341 e. The molecule has 156 valence electrons. The van der Waals surface area contributed by atoms with Crippen molar-refractivity contribution >= 4 is 40.0 Å². The molecule has 0 aliphatic heterocycles. The van der Waals surface area contributed by atoms with Gasteiger partial charge in [0.25, 0.3) is 0 Å². The number of carbonyl (C=O) groups is 2. The maximum Gasteiger partial charge on any atom is 0.341 e. The molecular weight excluding hydrogens is 410 g/mol. The van der Waals surface area contributed by atoms with Crippen molar-refractivity contribution < 1.29 is 14.3 Å². The second kappa shape index (κ2) is 8.35. The molecule has 29 heavy (non-hydrogen) atoms. The molecule has 1 amide bonds. The summed E-state index contributed by atoms with van der Waals surface area (Å²) in [5.74, 6) is 7.35. The number of ether oxygens (including phenoxy) is 1. The number of hydrogen-bond donors (Lipinski definition) is 2. The summed E-state index contributed by atoms with van der Waals surface area (Å²) in [5, 5.41) is 12.2. The number of anilines is 1. The first-order valence-corrected chi connectivity index (χ1v) is 11.7. The van der Waals surface area contributed by atoms with Crippen molar-refractivity contribution in [2.24, 2.45) is 5.92 Å². The number of thioether (sulfide) groups is 1. The van der Waals surface area contributed by atoms with Crippen LogP contribution in [0.15, 0.2) is 5.16 Å². The molecule has 1 unspecified atom stereocenters. The maximum atomic E-state index is 12.6. The molecule has 1 atom stereocenters. The summed E-state index contributed by atoms with van der Waals surface area (Å²) in [7, 11) is 0. The summed E-state index contributed by atoms with van der Waals surface area (Å²) in [5.41, 5.74) is 1.56. The molecule has 10 heteroatoms. The minimum atomic E-state index is -0.363. The molecule has 0 bridgehead atoms. The van der Waals surface area contributed by atoms with Crippen LogP contribution in [0.4, 0.5) is 5.00 Å². The van der Waals surface area contributed by atoms with E-state index < -0.39 is 0 Å². The normalized spacial score (nSPS) is 18.3. The van der Waals surface area contributed by atoms with Crippen LogP contribution in [0.1, 0.15) is 65.7 Å². The predicted molar refractivity (Wildman–Crippen MR) is 113 cm³/mol. The number of carbonyl (C=O) groups excluding carboxylic acids is 2. The molecule has 0 saturated heterocycles. The molecule has 0 spiro atoms. The number of hydrogen-bond acceptors (Lipinski definition) is 8. The maximum absolute atomic E-state index is 12.6.